The number of rotatable bonds is 9. The van der Waals surface area contributed by atoms with Crippen molar-refractivity contribution >= 4 is 23.6 Å². The number of methoxy groups -OCH3 is 1. The number of thioether (sulfide) groups is 1. The van der Waals surface area contributed by atoms with E-state index in [1.54, 1.807) is 31.0 Å². The second kappa shape index (κ2) is 10.9. The van der Waals surface area contributed by atoms with Gasteiger partial charge >= 0.3 is 0 Å². The monoisotopic (exact) mass is 462 g/mol. The normalized spacial score (nSPS) is 15.4. The van der Waals surface area contributed by atoms with Crippen LogP contribution in [-0.2, 0) is 11.3 Å². The first-order valence-corrected chi connectivity index (χ1v) is 11.8. The molecule has 170 valence electrons. The molecule has 33 heavy (non-hydrogen) atoms. The molecular formula is C26H26N2O4S. The number of carbonyl (C=O) groups is 2. The maximum atomic E-state index is 12.5. The molecule has 2 amide bonds. The summed E-state index contributed by atoms with van der Waals surface area (Å²) in [6.07, 6.45) is 0. The predicted octanol–water partition coefficient (Wildman–Crippen LogP) is 4.28. The minimum Gasteiger partial charge on any atom is -0.497 e. The van der Waals surface area contributed by atoms with Crippen LogP contribution in [0.2, 0.25) is 0 Å². The van der Waals surface area contributed by atoms with Crippen LogP contribution < -0.4 is 14.8 Å². The van der Waals surface area contributed by atoms with E-state index in [2.05, 4.69) is 5.32 Å². The van der Waals surface area contributed by atoms with E-state index in [0.717, 1.165) is 22.6 Å². The van der Waals surface area contributed by atoms with E-state index in [1.807, 2.05) is 71.6 Å². The Morgan fingerprint density at radius 2 is 1.70 bits per heavy atom. The first-order valence-electron chi connectivity index (χ1n) is 10.7. The van der Waals surface area contributed by atoms with Crippen molar-refractivity contribution in [3.63, 3.8) is 0 Å². The molecule has 1 aliphatic heterocycles. The standard InChI is InChI=1S/C26H26N2O4S/c1-31-22-11-13-23(14-12-22)32-16-15-27-25(30)20-7-9-21(10-8-20)26-28(24(29)18-33-26)17-19-5-3-2-4-6-19/h2-14,26H,15-18H2,1H3,(H,27,30)/t26-/m0/s1. The second-order valence-corrected chi connectivity index (χ2v) is 8.64. The van der Waals surface area contributed by atoms with Gasteiger partial charge in [-0.2, -0.15) is 0 Å². The quantitative estimate of drug-likeness (QED) is 0.481. The number of hydrogen-bond acceptors (Lipinski definition) is 5. The van der Waals surface area contributed by atoms with Crippen LogP contribution in [0.1, 0.15) is 26.9 Å². The minimum absolute atomic E-state index is 0.0484. The van der Waals surface area contributed by atoms with Gasteiger partial charge in [-0.15, -0.1) is 11.8 Å². The van der Waals surface area contributed by atoms with Crippen molar-refractivity contribution in [1.29, 1.82) is 0 Å². The number of carbonyl (C=O) groups excluding carboxylic acids is 2. The van der Waals surface area contributed by atoms with Gasteiger partial charge < -0.3 is 19.7 Å². The molecule has 0 spiro atoms. The zero-order valence-corrected chi connectivity index (χ0v) is 19.2. The third-order valence-electron chi connectivity index (χ3n) is 5.34. The maximum Gasteiger partial charge on any atom is 0.251 e. The van der Waals surface area contributed by atoms with Crippen LogP contribution in [0.3, 0.4) is 0 Å². The molecular weight excluding hydrogens is 436 g/mol. The number of benzene rings is 3. The van der Waals surface area contributed by atoms with Crippen LogP contribution in [-0.4, -0.2) is 42.7 Å². The van der Waals surface area contributed by atoms with Crippen molar-refractivity contribution in [2.45, 2.75) is 11.9 Å². The van der Waals surface area contributed by atoms with Crippen LogP contribution in [0.5, 0.6) is 11.5 Å². The molecule has 1 saturated heterocycles. The van der Waals surface area contributed by atoms with Gasteiger partial charge in [0.2, 0.25) is 5.91 Å². The molecule has 1 N–H and O–H groups in total. The second-order valence-electron chi connectivity index (χ2n) is 7.57. The van der Waals surface area contributed by atoms with Crippen LogP contribution in [0, 0.1) is 0 Å². The molecule has 1 aliphatic rings. The zero-order chi connectivity index (χ0) is 23.0. The van der Waals surface area contributed by atoms with Gasteiger partial charge in [-0.1, -0.05) is 42.5 Å². The molecule has 0 saturated carbocycles. The van der Waals surface area contributed by atoms with E-state index >= 15 is 0 Å². The Morgan fingerprint density at radius 3 is 2.39 bits per heavy atom. The first-order chi connectivity index (χ1) is 16.1. The topological polar surface area (TPSA) is 67.9 Å². The number of amides is 2. The summed E-state index contributed by atoms with van der Waals surface area (Å²) in [4.78, 5) is 26.8. The van der Waals surface area contributed by atoms with Crippen LogP contribution in [0.15, 0.2) is 78.9 Å². The summed E-state index contributed by atoms with van der Waals surface area (Å²) < 4.78 is 10.8. The first kappa shape index (κ1) is 22.7. The Balaban J connectivity index is 1.29. The summed E-state index contributed by atoms with van der Waals surface area (Å²) in [7, 11) is 1.62. The van der Waals surface area contributed by atoms with E-state index in [9.17, 15) is 9.59 Å². The lowest BCUT2D eigenvalue weighted by atomic mass is 10.1. The van der Waals surface area contributed by atoms with Gasteiger partial charge in [0, 0.05) is 12.1 Å². The lowest BCUT2D eigenvalue weighted by Crippen LogP contribution is -2.28. The third-order valence-corrected chi connectivity index (χ3v) is 6.59. The van der Waals surface area contributed by atoms with E-state index in [0.29, 0.717) is 31.0 Å². The van der Waals surface area contributed by atoms with Gasteiger partial charge in [0.1, 0.15) is 23.5 Å². The molecule has 6 nitrogen and oxygen atoms in total. The third kappa shape index (κ3) is 5.87. The molecule has 1 heterocycles. The number of nitrogens with one attached hydrogen (secondary N) is 1. The van der Waals surface area contributed by atoms with Gasteiger partial charge in [0.25, 0.3) is 5.91 Å². The number of nitrogens with zero attached hydrogens (tertiary/aromatic N) is 1. The van der Waals surface area contributed by atoms with E-state index in [1.165, 1.54) is 0 Å². The van der Waals surface area contributed by atoms with Gasteiger partial charge in [0.05, 0.1) is 19.4 Å². The number of ether oxygens (including phenoxy) is 2. The molecule has 3 aromatic carbocycles. The molecule has 0 radical (unpaired) electrons. The Labute approximate surface area is 197 Å². The summed E-state index contributed by atoms with van der Waals surface area (Å²) in [5.41, 5.74) is 2.69. The van der Waals surface area contributed by atoms with E-state index in [4.69, 9.17) is 9.47 Å². The molecule has 0 bridgehead atoms. The van der Waals surface area contributed by atoms with Crippen LogP contribution >= 0.6 is 11.8 Å². The van der Waals surface area contributed by atoms with Gasteiger partial charge in [0.15, 0.2) is 0 Å². The van der Waals surface area contributed by atoms with Crippen molar-refractivity contribution < 1.29 is 19.1 Å². The molecule has 0 aliphatic carbocycles. The van der Waals surface area contributed by atoms with Gasteiger partial charge in [-0.25, -0.2) is 0 Å². The van der Waals surface area contributed by atoms with Crippen molar-refractivity contribution in [1.82, 2.24) is 10.2 Å². The molecule has 0 aromatic heterocycles. The van der Waals surface area contributed by atoms with Gasteiger partial charge in [-0.3, -0.25) is 9.59 Å². The molecule has 1 atom stereocenters. The molecule has 3 aromatic rings. The highest BCUT2D eigenvalue weighted by molar-refractivity contribution is 8.00. The highest BCUT2D eigenvalue weighted by atomic mass is 32.2. The van der Waals surface area contributed by atoms with Crippen molar-refractivity contribution in [2.24, 2.45) is 0 Å². The predicted molar refractivity (Wildman–Crippen MR) is 129 cm³/mol. The van der Waals surface area contributed by atoms with Crippen molar-refractivity contribution in [3.05, 3.63) is 95.6 Å². The largest absolute Gasteiger partial charge is 0.497 e. The smallest absolute Gasteiger partial charge is 0.251 e. The summed E-state index contributed by atoms with van der Waals surface area (Å²) in [6.45, 7) is 1.34. The average molecular weight is 463 g/mol. The fraction of sp³-hybridized carbons (Fsp3) is 0.231. The van der Waals surface area contributed by atoms with Crippen LogP contribution in [0.4, 0.5) is 0 Å². The van der Waals surface area contributed by atoms with E-state index < -0.39 is 0 Å². The number of hydrogen-bond donors (Lipinski definition) is 1. The SMILES string of the molecule is COc1ccc(OCCNC(=O)c2ccc([C@@H]3SCC(=O)N3Cc3ccccc3)cc2)cc1. The van der Waals surface area contributed by atoms with Crippen molar-refractivity contribution in [3.8, 4) is 11.5 Å². The summed E-state index contributed by atoms with van der Waals surface area (Å²) in [5, 5.41) is 2.82. The summed E-state index contributed by atoms with van der Waals surface area (Å²) in [5.74, 6) is 1.93. The van der Waals surface area contributed by atoms with Crippen LogP contribution in [0.25, 0.3) is 0 Å². The minimum atomic E-state index is -0.156. The average Bonchev–Trinajstić information content (AvgIpc) is 3.22. The fourth-order valence-electron chi connectivity index (χ4n) is 3.59. The Morgan fingerprint density at radius 1 is 1.00 bits per heavy atom. The Bertz CT molecular complexity index is 1070. The molecule has 4 rings (SSSR count). The lowest BCUT2D eigenvalue weighted by Gasteiger charge is -2.24. The zero-order valence-electron chi connectivity index (χ0n) is 18.4. The fourth-order valence-corrected chi connectivity index (χ4v) is 4.78. The lowest BCUT2D eigenvalue weighted by molar-refractivity contribution is -0.128. The highest BCUT2D eigenvalue weighted by Crippen LogP contribution is 2.39. The summed E-state index contributed by atoms with van der Waals surface area (Å²) >= 11 is 1.61. The Hall–Kier alpha value is -3.45. The van der Waals surface area contributed by atoms with Crippen molar-refractivity contribution in [2.75, 3.05) is 26.0 Å². The van der Waals surface area contributed by atoms with Gasteiger partial charge in [-0.05, 0) is 47.5 Å². The maximum absolute atomic E-state index is 12.5. The highest BCUT2D eigenvalue weighted by Gasteiger charge is 2.32. The molecule has 1 fully saturated rings. The molecule has 7 heteroatoms. The molecule has 0 unspecified atom stereocenters. The Kier molecular flexibility index (Phi) is 7.52. The van der Waals surface area contributed by atoms with E-state index in [-0.39, 0.29) is 17.2 Å². The summed E-state index contributed by atoms with van der Waals surface area (Å²) in [6, 6.07) is 24.7.